The monoisotopic (exact) mass is 307 g/mol. The van der Waals surface area contributed by atoms with E-state index in [4.69, 9.17) is 11.6 Å². The molecule has 7 nitrogen and oxygen atoms in total. The van der Waals surface area contributed by atoms with Crippen molar-refractivity contribution in [1.82, 2.24) is 9.78 Å². The molecule has 2 rings (SSSR count). The summed E-state index contributed by atoms with van der Waals surface area (Å²) in [6.07, 6.45) is 0.387. The van der Waals surface area contributed by atoms with E-state index in [2.05, 4.69) is 5.10 Å². The molecule has 0 saturated carbocycles. The molecule has 1 atom stereocenters. The number of aromatic nitrogens is 2. The molecule has 1 aliphatic heterocycles. The van der Waals surface area contributed by atoms with Crippen LogP contribution < -0.4 is 0 Å². The first-order chi connectivity index (χ1) is 8.73. The third kappa shape index (κ3) is 2.59. The summed E-state index contributed by atoms with van der Waals surface area (Å²) in [6.45, 7) is 3.56. The fourth-order valence-corrected chi connectivity index (χ4v) is 4.22. The molecule has 19 heavy (non-hydrogen) atoms. The summed E-state index contributed by atoms with van der Waals surface area (Å²) in [5.41, 5.74) is 0.0697. The van der Waals surface area contributed by atoms with Crippen LogP contribution in [0.4, 0.5) is 5.69 Å². The van der Waals surface area contributed by atoms with Crippen LogP contribution in [0.1, 0.15) is 37.9 Å². The Hall–Kier alpha value is -1.15. The summed E-state index contributed by atoms with van der Waals surface area (Å²) in [4.78, 5) is 10.5. The van der Waals surface area contributed by atoms with Gasteiger partial charge in [0.1, 0.15) is 5.69 Å². The van der Waals surface area contributed by atoms with Gasteiger partial charge in [0.2, 0.25) is 5.15 Å². The minimum absolute atomic E-state index is 0.0664. The number of rotatable bonds is 3. The normalized spacial score (nSPS) is 22.0. The minimum Gasteiger partial charge on any atom is -0.258 e. The maximum Gasteiger partial charge on any atom is 0.329 e. The van der Waals surface area contributed by atoms with Crippen LogP contribution in [0.15, 0.2) is 0 Å². The maximum atomic E-state index is 11.5. The van der Waals surface area contributed by atoms with Gasteiger partial charge >= 0.3 is 5.69 Å². The topological polar surface area (TPSA) is 95.1 Å². The van der Waals surface area contributed by atoms with Gasteiger partial charge in [-0.25, -0.2) is 13.1 Å². The summed E-state index contributed by atoms with van der Waals surface area (Å²) in [5.74, 6) is -0.154. The van der Waals surface area contributed by atoms with Gasteiger partial charge in [0.25, 0.3) is 0 Å². The Kier molecular flexibility index (Phi) is 3.57. The first-order valence-electron chi connectivity index (χ1n) is 5.85. The Labute approximate surface area is 115 Å². The molecule has 1 unspecified atom stereocenters. The fourth-order valence-electron chi connectivity index (χ4n) is 2.19. The summed E-state index contributed by atoms with van der Waals surface area (Å²) in [7, 11) is -3.09. The molecular formula is C10H14ClN3O4S. The molecular weight excluding hydrogens is 294 g/mol. The van der Waals surface area contributed by atoms with Crippen LogP contribution in [0.3, 0.4) is 0 Å². The third-order valence-electron chi connectivity index (χ3n) is 3.14. The SMILES string of the molecule is CC(C)c1nn(C2CCS(=O)(=O)C2)c(Cl)c1[N+](=O)[O-]. The van der Waals surface area contributed by atoms with Gasteiger partial charge in [-0.1, -0.05) is 25.4 Å². The number of halogens is 1. The van der Waals surface area contributed by atoms with Crippen LogP contribution in [0.2, 0.25) is 5.15 Å². The van der Waals surface area contributed by atoms with Gasteiger partial charge in [0.15, 0.2) is 9.84 Å². The molecule has 0 spiro atoms. The highest BCUT2D eigenvalue weighted by Gasteiger charge is 2.36. The van der Waals surface area contributed by atoms with Gasteiger partial charge in [0.05, 0.1) is 22.5 Å². The second kappa shape index (κ2) is 4.75. The minimum atomic E-state index is -3.09. The Morgan fingerprint density at radius 2 is 2.16 bits per heavy atom. The van der Waals surface area contributed by atoms with E-state index < -0.39 is 20.8 Å². The maximum absolute atomic E-state index is 11.5. The van der Waals surface area contributed by atoms with Gasteiger partial charge in [-0.15, -0.1) is 0 Å². The first-order valence-corrected chi connectivity index (χ1v) is 8.05. The Morgan fingerprint density at radius 3 is 2.53 bits per heavy atom. The molecule has 1 aliphatic rings. The molecule has 1 aromatic heterocycles. The number of sulfone groups is 1. The predicted octanol–water partition coefficient (Wildman–Crippen LogP) is 1.93. The van der Waals surface area contributed by atoms with Crippen LogP contribution in [0, 0.1) is 10.1 Å². The Balaban J connectivity index is 2.48. The lowest BCUT2D eigenvalue weighted by atomic mass is 10.1. The van der Waals surface area contributed by atoms with Gasteiger partial charge in [0, 0.05) is 5.92 Å². The van der Waals surface area contributed by atoms with Crippen molar-refractivity contribution in [1.29, 1.82) is 0 Å². The van der Waals surface area contributed by atoms with Crippen molar-refractivity contribution in [2.45, 2.75) is 32.2 Å². The summed E-state index contributed by atoms with van der Waals surface area (Å²) in [5, 5.41) is 15.1. The van der Waals surface area contributed by atoms with Crippen molar-refractivity contribution in [2.24, 2.45) is 0 Å². The summed E-state index contributed by atoms with van der Waals surface area (Å²) >= 11 is 6.01. The van der Waals surface area contributed by atoms with E-state index in [1.54, 1.807) is 13.8 Å². The van der Waals surface area contributed by atoms with Crippen LogP contribution in [0.5, 0.6) is 0 Å². The molecule has 9 heteroatoms. The highest BCUT2D eigenvalue weighted by molar-refractivity contribution is 7.91. The van der Waals surface area contributed by atoms with Gasteiger partial charge in [-0.2, -0.15) is 5.10 Å². The number of nitrogens with zero attached hydrogens (tertiary/aromatic N) is 3. The van der Waals surface area contributed by atoms with E-state index in [1.165, 1.54) is 4.68 Å². The molecule has 106 valence electrons. The molecule has 0 amide bonds. The van der Waals surface area contributed by atoms with E-state index in [0.717, 1.165) is 0 Å². The zero-order valence-electron chi connectivity index (χ0n) is 10.5. The average Bonchev–Trinajstić information content (AvgIpc) is 2.78. The van der Waals surface area contributed by atoms with Crippen molar-refractivity contribution < 1.29 is 13.3 Å². The van der Waals surface area contributed by atoms with Crippen LogP contribution in [-0.2, 0) is 9.84 Å². The highest BCUT2D eigenvalue weighted by atomic mass is 35.5. The lowest BCUT2D eigenvalue weighted by Crippen LogP contribution is -2.13. The Bertz CT molecular complexity index is 623. The number of nitro groups is 1. The van der Waals surface area contributed by atoms with E-state index in [0.29, 0.717) is 12.1 Å². The van der Waals surface area contributed by atoms with Crippen LogP contribution in [0.25, 0.3) is 0 Å². The molecule has 0 radical (unpaired) electrons. The largest absolute Gasteiger partial charge is 0.329 e. The second-order valence-electron chi connectivity index (χ2n) is 4.94. The summed E-state index contributed by atoms with van der Waals surface area (Å²) in [6, 6.07) is -0.413. The zero-order valence-corrected chi connectivity index (χ0v) is 12.1. The van der Waals surface area contributed by atoms with Crippen molar-refractivity contribution in [2.75, 3.05) is 11.5 Å². The molecule has 1 saturated heterocycles. The average molecular weight is 308 g/mol. The third-order valence-corrected chi connectivity index (χ3v) is 5.24. The summed E-state index contributed by atoms with van der Waals surface area (Å²) < 4.78 is 24.2. The smallest absolute Gasteiger partial charge is 0.258 e. The van der Waals surface area contributed by atoms with Gasteiger partial charge < -0.3 is 0 Å². The molecule has 1 aromatic rings. The quantitative estimate of drug-likeness (QED) is 0.628. The second-order valence-corrected chi connectivity index (χ2v) is 7.52. The van der Waals surface area contributed by atoms with Crippen LogP contribution >= 0.6 is 11.6 Å². The van der Waals surface area contributed by atoms with E-state index >= 15 is 0 Å². The lowest BCUT2D eigenvalue weighted by molar-refractivity contribution is -0.385. The van der Waals surface area contributed by atoms with Crippen molar-refractivity contribution in [3.63, 3.8) is 0 Å². The van der Waals surface area contributed by atoms with Gasteiger partial charge in [-0.3, -0.25) is 10.1 Å². The highest BCUT2D eigenvalue weighted by Crippen LogP contribution is 2.36. The Morgan fingerprint density at radius 1 is 1.53 bits per heavy atom. The number of hydrogen-bond donors (Lipinski definition) is 0. The molecule has 0 aromatic carbocycles. The van der Waals surface area contributed by atoms with Crippen LogP contribution in [-0.4, -0.2) is 34.6 Å². The van der Waals surface area contributed by atoms with E-state index in [1.807, 2.05) is 0 Å². The predicted molar refractivity (Wildman–Crippen MR) is 70.3 cm³/mol. The standard InChI is InChI=1S/C10H14ClN3O4S/c1-6(2)8-9(14(15)16)10(11)13(12-8)7-3-4-19(17,18)5-7/h6-7H,3-5H2,1-2H3. The molecule has 0 bridgehead atoms. The van der Waals surface area contributed by atoms with Crippen molar-refractivity contribution >= 4 is 27.1 Å². The lowest BCUT2D eigenvalue weighted by Gasteiger charge is -2.08. The van der Waals surface area contributed by atoms with E-state index in [-0.39, 0.29) is 28.3 Å². The molecule has 1 fully saturated rings. The first kappa shape index (κ1) is 14.3. The van der Waals surface area contributed by atoms with Crippen molar-refractivity contribution in [3.8, 4) is 0 Å². The molecule has 0 N–H and O–H groups in total. The van der Waals surface area contributed by atoms with Gasteiger partial charge in [-0.05, 0) is 6.42 Å². The fraction of sp³-hybridized carbons (Fsp3) is 0.700. The van der Waals surface area contributed by atoms with Crippen molar-refractivity contribution in [3.05, 3.63) is 21.0 Å². The molecule has 0 aliphatic carbocycles. The van der Waals surface area contributed by atoms with E-state index in [9.17, 15) is 18.5 Å². The number of hydrogen-bond acceptors (Lipinski definition) is 5. The molecule has 2 heterocycles. The zero-order chi connectivity index (χ0) is 14.4.